The normalized spacial score (nSPS) is 17.7. The third kappa shape index (κ3) is 4.37. The topological polar surface area (TPSA) is 79.3 Å². The molecule has 2 N–H and O–H groups in total. The molecule has 1 aromatic heterocycles. The van der Waals surface area contributed by atoms with E-state index < -0.39 is 6.04 Å². The maximum atomic E-state index is 12.4. The van der Waals surface area contributed by atoms with Gasteiger partial charge >= 0.3 is 6.03 Å². The van der Waals surface area contributed by atoms with Crippen molar-refractivity contribution in [3.8, 4) is 0 Å². The maximum Gasteiger partial charge on any atom is 0.318 e. The fourth-order valence-electron chi connectivity index (χ4n) is 2.85. The number of hydrogen-bond acceptors (Lipinski definition) is 3. The lowest BCUT2D eigenvalue weighted by Crippen LogP contribution is -2.49. The first-order valence-electron chi connectivity index (χ1n) is 8.49. The summed E-state index contributed by atoms with van der Waals surface area (Å²) >= 11 is 0. The van der Waals surface area contributed by atoms with Crippen molar-refractivity contribution < 1.29 is 9.59 Å². The molecule has 0 aliphatic carbocycles. The molecule has 3 rings (SSSR count). The molecule has 1 fully saturated rings. The molecule has 0 radical (unpaired) electrons. The Balaban J connectivity index is 1.54. The van der Waals surface area contributed by atoms with Crippen LogP contribution >= 0.6 is 0 Å². The van der Waals surface area contributed by atoms with E-state index >= 15 is 0 Å². The Hall–Kier alpha value is -2.83. The summed E-state index contributed by atoms with van der Waals surface area (Å²) in [7, 11) is 0. The average Bonchev–Trinajstić information content (AvgIpc) is 3.07. The molecule has 0 bridgehead atoms. The summed E-state index contributed by atoms with van der Waals surface area (Å²) in [5.41, 5.74) is 2.19. The number of nitrogens with zero attached hydrogens (tertiary/aromatic N) is 3. The van der Waals surface area contributed by atoms with Crippen LogP contribution in [0.15, 0.2) is 43.0 Å². The fourth-order valence-corrected chi connectivity index (χ4v) is 2.85. The number of aromatic nitrogens is 2. The van der Waals surface area contributed by atoms with Gasteiger partial charge in [-0.25, -0.2) is 9.78 Å². The largest absolute Gasteiger partial charge is 0.354 e. The number of benzene rings is 1. The van der Waals surface area contributed by atoms with Crippen LogP contribution in [0.1, 0.15) is 24.5 Å². The number of nitrogens with one attached hydrogen (secondary N) is 2. The summed E-state index contributed by atoms with van der Waals surface area (Å²) in [6, 6.07) is 7.45. The third-order valence-corrected chi connectivity index (χ3v) is 4.37. The van der Waals surface area contributed by atoms with Crippen LogP contribution in [0.25, 0.3) is 0 Å². The number of amides is 3. The van der Waals surface area contributed by atoms with E-state index in [0.717, 1.165) is 18.5 Å². The van der Waals surface area contributed by atoms with Crippen LogP contribution < -0.4 is 10.6 Å². The molecule has 0 unspecified atom stereocenters. The van der Waals surface area contributed by atoms with Gasteiger partial charge in [0.05, 0.1) is 6.33 Å². The van der Waals surface area contributed by atoms with Crippen molar-refractivity contribution in [2.24, 2.45) is 0 Å². The van der Waals surface area contributed by atoms with E-state index in [1.807, 2.05) is 35.0 Å². The van der Waals surface area contributed by atoms with Crippen molar-refractivity contribution >= 4 is 11.9 Å². The SMILES string of the molecule is C[C@H]1C(=O)NCCCN1C(=O)NCc1ccc(Cn2ccnc2)cc1. The molecule has 1 aromatic carbocycles. The first-order valence-corrected chi connectivity index (χ1v) is 8.49. The Morgan fingerprint density at radius 1 is 1.32 bits per heavy atom. The first-order chi connectivity index (χ1) is 12.1. The minimum Gasteiger partial charge on any atom is -0.354 e. The third-order valence-electron chi connectivity index (χ3n) is 4.37. The van der Waals surface area contributed by atoms with Crippen LogP contribution in [0.2, 0.25) is 0 Å². The Morgan fingerprint density at radius 2 is 2.08 bits per heavy atom. The van der Waals surface area contributed by atoms with Gasteiger partial charge in [0.25, 0.3) is 0 Å². The number of rotatable bonds is 4. The molecule has 1 saturated heterocycles. The zero-order chi connectivity index (χ0) is 17.6. The standard InChI is InChI=1S/C18H23N5O2/c1-14-17(24)20-7-2-9-23(14)18(25)21-11-15-3-5-16(6-4-15)12-22-10-8-19-13-22/h3-6,8,10,13-14H,2,7,9,11-12H2,1H3,(H,20,24)(H,21,25)/t14-/m0/s1. The lowest BCUT2D eigenvalue weighted by Gasteiger charge is -2.25. The zero-order valence-electron chi connectivity index (χ0n) is 14.3. The van der Waals surface area contributed by atoms with Crippen molar-refractivity contribution in [3.05, 3.63) is 54.1 Å². The van der Waals surface area contributed by atoms with E-state index in [1.54, 1.807) is 24.3 Å². The van der Waals surface area contributed by atoms with Gasteiger partial charge in [0.15, 0.2) is 0 Å². The van der Waals surface area contributed by atoms with Crippen LogP contribution in [-0.4, -0.2) is 45.5 Å². The van der Waals surface area contributed by atoms with Crippen molar-refractivity contribution in [2.75, 3.05) is 13.1 Å². The highest BCUT2D eigenvalue weighted by atomic mass is 16.2. The molecule has 2 aromatic rings. The van der Waals surface area contributed by atoms with Gasteiger partial charge in [-0.1, -0.05) is 24.3 Å². The molecule has 25 heavy (non-hydrogen) atoms. The summed E-state index contributed by atoms with van der Waals surface area (Å²) in [5, 5.41) is 5.71. The molecule has 1 aliphatic heterocycles. The van der Waals surface area contributed by atoms with Crippen molar-refractivity contribution in [1.29, 1.82) is 0 Å². The summed E-state index contributed by atoms with van der Waals surface area (Å²) < 4.78 is 2.00. The van der Waals surface area contributed by atoms with Crippen molar-refractivity contribution in [2.45, 2.75) is 32.5 Å². The van der Waals surface area contributed by atoms with E-state index in [2.05, 4.69) is 15.6 Å². The lowest BCUT2D eigenvalue weighted by molar-refractivity contribution is -0.124. The van der Waals surface area contributed by atoms with E-state index in [1.165, 1.54) is 5.56 Å². The molecule has 0 saturated carbocycles. The Labute approximate surface area is 147 Å². The maximum absolute atomic E-state index is 12.4. The smallest absolute Gasteiger partial charge is 0.318 e. The molecule has 2 heterocycles. The second-order valence-corrected chi connectivity index (χ2v) is 6.22. The molecular formula is C18H23N5O2. The number of urea groups is 1. The van der Waals surface area contributed by atoms with Gasteiger partial charge in [-0.15, -0.1) is 0 Å². The van der Waals surface area contributed by atoms with Crippen LogP contribution in [0, 0.1) is 0 Å². The van der Waals surface area contributed by atoms with Gasteiger partial charge in [-0.05, 0) is 24.5 Å². The van der Waals surface area contributed by atoms with Gasteiger partial charge in [-0.3, -0.25) is 4.79 Å². The predicted octanol–water partition coefficient (Wildman–Crippen LogP) is 1.35. The van der Waals surface area contributed by atoms with E-state index in [4.69, 9.17) is 0 Å². The number of imidazole rings is 1. The Kier molecular flexibility index (Phi) is 5.33. The summed E-state index contributed by atoms with van der Waals surface area (Å²) in [4.78, 5) is 29.8. The molecule has 1 atom stereocenters. The van der Waals surface area contributed by atoms with E-state index in [-0.39, 0.29) is 11.9 Å². The molecular weight excluding hydrogens is 318 g/mol. The monoisotopic (exact) mass is 341 g/mol. The second-order valence-electron chi connectivity index (χ2n) is 6.22. The van der Waals surface area contributed by atoms with Crippen LogP contribution in [0.4, 0.5) is 4.79 Å². The summed E-state index contributed by atoms with van der Waals surface area (Å²) in [5.74, 6) is -0.100. The molecule has 132 valence electrons. The number of hydrogen-bond donors (Lipinski definition) is 2. The van der Waals surface area contributed by atoms with Crippen LogP contribution in [0.5, 0.6) is 0 Å². The molecule has 7 nitrogen and oxygen atoms in total. The zero-order valence-corrected chi connectivity index (χ0v) is 14.3. The van der Waals surface area contributed by atoms with Gasteiger partial charge in [0.1, 0.15) is 6.04 Å². The highest BCUT2D eigenvalue weighted by Gasteiger charge is 2.27. The Morgan fingerprint density at radius 3 is 2.80 bits per heavy atom. The van der Waals surface area contributed by atoms with Crippen LogP contribution in [0.3, 0.4) is 0 Å². The predicted molar refractivity (Wildman–Crippen MR) is 93.8 cm³/mol. The highest BCUT2D eigenvalue weighted by molar-refractivity contribution is 5.87. The quantitative estimate of drug-likeness (QED) is 0.881. The van der Waals surface area contributed by atoms with Crippen LogP contribution in [-0.2, 0) is 17.9 Å². The molecule has 3 amide bonds. The Bertz CT molecular complexity index is 712. The van der Waals surface area contributed by atoms with E-state index in [0.29, 0.717) is 19.6 Å². The first kappa shape index (κ1) is 17.0. The number of carbonyl (C=O) groups is 2. The highest BCUT2D eigenvalue weighted by Crippen LogP contribution is 2.08. The molecule has 7 heteroatoms. The minimum absolute atomic E-state index is 0.100. The number of carbonyl (C=O) groups excluding carboxylic acids is 2. The minimum atomic E-state index is -0.444. The summed E-state index contributed by atoms with van der Waals surface area (Å²) in [6.07, 6.45) is 6.24. The van der Waals surface area contributed by atoms with Gasteiger partial charge in [0.2, 0.25) is 5.91 Å². The van der Waals surface area contributed by atoms with E-state index in [9.17, 15) is 9.59 Å². The second kappa shape index (κ2) is 7.83. The molecule has 0 spiro atoms. The van der Waals surface area contributed by atoms with Gasteiger partial charge < -0.3 is 20.1 Å². The lowest BCUT2D eigenvalue weighted by atomic mass is 10.1. The van der Waals surface area contributed by atoms with Crippen molar-refractivity contribution in [1.82, 2.24) is 25.1 Å². The fraction of sp³-hybridized carbons (Fsp3) is 0.389. The summed E-state index contributed by atoms with van der Waals surface area (Å²) in [6.45, 7) is 4.16. The van der Waals surface area contributed by atoms with Crippen molar-refractivity contribution in [3.63, 3.8) is 0 Å². The van der Waals surface area contributed by atoms with Gasteiger partial charge in [-0.2, -0.15) is 0 Å². The average molecular weight is 341 g/mol. The van der Waals surface area contributed by atoms with Gasteiger partial charge in [0, 0.05) is 38.6 Å². The molecule has 1 aliphatic rings.